The average molecular weight is 255 g/mol. The molecule has 0 saturated heterocycles. The molecule has 1 rings (SSSR count). The summed E-state index contributed by atoms with van der Waals surface area (Å²) < 4.78 is 5.09. The summed E-state index contributed by atoms with van der Waals surface area (Å²) in [6.45, 7) is 5.28. The molecular formula is C10H17N5O3. The van der Waals surface area contributed by atoms with E-state index in [0.29, 0.717) is 5.56 Å². The highest BCUT2D eigenvalue weighted by molar-refractivity contribution is 6.04. The highest BCUT2D eigenvalue weighted by atomic mass is 16.6. The molecule has 0 radical (unpaired) electrons. The van der Waals surface area contributed by atoms with E-state index in [9.17, 15) is 4.79 Å². The second kappa shape index (κ2) is 5.50. The first-order valence-electron chi connectivity index (χ1n) is 5.28. The largest absolute Gasteiger partial charge is 0.444 e. The van der Waals surface area contributed by atoms with Crippen LogP contribution in [0.15, 0.2) is 11.2 Å². The lowest BCUT2D eigenvalue weighted by atomic mass is 10.2. The van der Waals surface area contributed by atoms with Crippen molar-refractivity contribution < 1.29 is 14.7 Å². The number of hydrogen-bond donors (Lipinski definition) is 4. The number of amidine groups is 1. The zero-order valence-corrected chi connectivity index (χ0v) is 10.7. The minimum absolute atomic E-state index is 0.176. The normalized spacial score (nSPS) is 12.2. The fourth-order valence-corrected chi connectivity index (χ4v) is 1.20. The summed E-state index contributed by atoms with van der Waals surface area (Å²) in [6.07, 6.45) is 0.791. The molecular weight excluding hydrogens is 238 g/mol. The number of aromatic amines is 1. The molecule has 0 fully saturated rings. The maximum absolute atomic E-state index is 11.6. The third-order valence-corrected chi connectivity index (χ3v) is 1.85. The van der Waals surface area contributed by atoms with Crippen molar-refractivity contribution in [3.05, 3.63) is 11.8 Å². The van der Waals surface area contributed by atoms with Gasteiger partial charge in [-0.25, -0.2) is 4.79 Å². The van der Waals surface area contributed by atoms with Crippen molar-refractivity contribution >= 4 is 17.7 Å². The lowest BCUT2D eigenvalue weighted by Gasteiger charge is -2.19. The third-order valence-electron chi connectivity index (χ3n) is 1.85. The maximum atomic E-state index is 11.6. The summed E-state index contributed by atoms with van der Waals surface area (Å²) in [5, 5.41) is 17.7. The van der Waals surface area contributed by atoms with Crippen molar-refractivity contribution in [3.8, 4) is 0 Å². The van der Waals surface area contributed by atoms with Gasteiger partial charge in [-0.15, -0.1) is 0 Å². The Morgan fingerprint density at radius 2 is 2.22 bits per heavy atom. The number of hydroxylamine groups is 1. The molecule has 18 heavy (non-hydrogen) atoms. The van der Waals surface area contributed by atoms with E-state index in [1.807, 2.05) is 5.48 Å². The Morgan fingerprint density at radius 3 is 2.72 bits per heavy atom. The molecule has 0 saturated carbocycles. The van der Waals surface area contributed by atoms with Gasteiger partial charge in [-0.3, -0.25) is 26.1 Å². The summed E-state index contributed by atoms with van der Waals surface area (Å²) in [6, 6.07) is 0. The quantitative estimate of drug-likeness (QED) is 0.359. The summed E-state index contributed by atoms with van der Waals surface area (Å²) in [5.74, 6) is 0.459. The number of ether oxygens (including phenoxy) is 1. The first-order valence-corrected chi connectivity index (χ1v) is 5.28. The fourth-order valence-electron chi connectivity index (χ4n) is 1.20. The van der Waals surface area contributed by atoms with Crippen molar-refractivity contribution in [2.24, 2.45) is 4.99 Å². The topological polar surface area (TPSA) is 112 Å². The Bertz CT molecular complexity index is 447. The van der Waals surface area contributed by atoms with Crippen molar-refractivity contribution in [2.45, 2.75) is 26.4 Å². The number of aromatic nitrogens is 2. The van der Waals surface area contributed by atoms with E-state index < -0.39 is 11.7 Å². The van der Waals surface area contributed by atoms with E-state index in [1.54, 1.807) is 20.8 Å². The maximum Gasteiger partial charge on any atom is 0.413 e. The first-order chi connectivity index (χ1) is 8.37. The molecule has 8 heteroatoms. The molecule has 0 aliphatic rings. The van der Waals surface area contributed by atoms with E-state index in [-0.39, 0.29) is 11.7 Å². The van der Waals surface area contributed by atoms with Gasteiger partial charge in [0.05, 0.1) is 11.8 Å². The second-order valence-electron chi connectivity index (χ2n) is 4.47. The predicted molar refractivity (Wildman–Crippen MR) is 65.8 cm³/mol. The molecule has 0 aliphatic heterocycles. The number of carbonyl (C=O) groups is 1. The minimum atomic E-state index is -0.624. The second-order valence-corrected chi connectivity index (χ2v) is 4.47. The van der Waals surface area contributed by atoms with Crippen LogP contribution < -0.4 is 10.8 Å². The Hall–Kier alpha value is -2.09. The first kappa shape index (κ1) is 14.0. The van der Waals surface area contributed by atoms with Crippen molar-refractivity contribution in [3.63, 3.8) is 0 Å². The smallest absolute Gasteiger partial charge is 0.413 e. The van der Waals surface area contributed by atoms with Crippen LogP contribution in [0.5, 0.6) is 0 Å². The number of carbonyl (C=O) groups excluding carboxylic acids is 1. The number of rotatable bonds is 2. The number of aliphatic imine (C=N–C) groups is 1. The number of H-pyrrole nitrogens is 1. The van der Waals surface area contributed by atoms with Gasteiger partial charge in [-0.1, -0.05) is 0 Å². The molecule has 0 unspecified atom stereocenters. The zero-order valence-electron chi connectivity index (χ0n) is 10.7. The highest BCUT2D eigenvalue weighted by Crippen LogP contribution is 2.14. The number of anilines is 1. The van der Waals surface area contributed by atoms with Gasteiger partial charge >= 0.3 is 6.09 Å². The summed E-state index contributed by atoms with van der Waals surface area (Å²) in [4.78, 5) is 15.4. The van der Waals surface area contributed by atoms with Gasteiger partial charge in [0.15, 0.2) is 5.84 Å². The zero-order chi connectivity index (χ0) is 13.8. The Labute approximate surface area is 104 Å². The van der Waals surface area contributed by atoms with Crippen LogP contribution in [0.3, 0.4) is 0 Å². The van der Waals surface area contributed by atoms with Gasteiger partial charge < -0.3 is 4.74 Å². The molecule has 0 bridgehead atoms. The average Bonchev–Trinajstić information content (AvgIpc) is 2.65. The van der Waals surface area contributed by atoms with Crippen LogP contribution in [-0.4, -0.2) is 40.0 Å². The molecule has 0 spiro atoms. The van der Waals surface area contributed by atoms with Gasteiger partial charge in [0.25, 0.3) is 0 Å². The van der Waals surface area contributed by atoms with E-state index >= 15 is 0 Å². The van der Waals surface area contributed by atoms with Gasteiger partial charge in [0.1, 0.15) is 11.4 Å². The van der Waals surface area contributed by atoms with Gasteiger partial charge in [-0.2, -0.15) is 5.10 Å². The van der Waals surface area contributed by atoms with E-state index in [0.717, 1.165) is 0 Å². The standard InChI is InChI=1S/C10H17N5O3/c1-10(2,3)18-9(16)13-8-6(5-12-14-8)7(11-4)15-17/h5,17H,1-4H3,(H,11,15)(H2,12,13,14,16). The molecule has 1 aromatic heterocycles. The number of hydrogen-bond acceptors (Lipinski definition) is 5. The monoisotopic (exact) mass is 255 g/mol. The fraction of sp³-hybridized carbons (Fsp3) is 0.500. The molecule has 4 N–H and O–H groups in total. The number of amides is 1. The predicted octanol–water partition coefficient (Wildman–Crippen LogP) is 1.11. The number of nitrogens with zero attached hydrogens (tertiary/aromatic N) is 2. The summed E-state index contributed by atoms with van der Waals surface area (Å²) in [7, 11) is 1.49. The molecule has 1 heterocycles. The van der Waals surface area contributed by atoms with Crippen molar-refractivity contribution in [2.75, 3.05) is 12.4 Å². The third kappa shape index (κ3) is 3.74. The van der Waals surface area contributed by atoms with Crippen LogP contribution in [0.4, 0.5) is 10.6 Å². The summed E-state index contributed by atoms with van der Waals surface area (Å²) >= 11 is 0. The Morgan fingerprint density at radius 1 is 1.56 bits per heavy atom. The number of nitrogens with one attached hydrogen (secondary N) is 3. The molecule has 1 amide bonds. The summed E-state index contributed by atoms with van der Waals surface area (Å²) in [5.41, 5.74) is 1.74. The highest BCUT2D eigenvalue weighted by Gasteiger charge is 2.19. The lowest BCUT2D eigenvalue weighted by Crippen LogP contribution is -2.28. The SMILES string of the molecule is CN=C(NO)c1cn[nH]c1NC(=O)OC(C)(C)C. The van der Waals surface area contributed by atoms with Crippen molar-refractivity contribution in [1.82, 2.24) is 15.7 Å². The molecule has 100 valence electrons. The van der Waals surface area contributed by atoms with E-state index in [2.05, 4.69) is 20.5 Å². The molecule has 8 nitrogen and oxygen atoms in total. The lowest BCUT2D eigenvalue weighted by molar-refractivity contribution is 0.0635. The molecule has 0 aromatic carbocycles. The van der Waals surface area contributed by atoms with Crippen LogP contribution >= 0.6 is 0 Å². The van der Waals surface area contributed by atoms with Crippen LogP contribution in [0.25, 0.3) is 0 Å². The minimum Gasteiger partial charge on any atom is -0.444 e. The van der Waals surface area contributed by atoms with Crippen LogP contribution in [0.1, 0.15) is 26.3 Å². The van der Waals surface area contributed by atoms with Crippen LogP contribution in [0.2, 0.25) is 0 Å². The van der Waals surface area contributed by atoms with E-state index in [4.69, 9.17) is 9.94 Å². The molecule has 0 atom stereocenters. The van der Waals surface area contributed by atoms with Crippen LogP contribution in [0, 0.1) is 0 Å². The van der Waals surface area contributed by atoms with Crippen molar-refractivity contribution in [1.29, 1.82) is 0 Å². The van der Waals surface area contributed by atoms with Crippen LogP contribution in [-0.2, 0) is 4.74 Å². The Balaban J connectivity index is 2.81. The van der Waals surface area contributed by atoms with Gasteiger partial charge in [0.2, 0.25) is 0 Å². The van der Waals surface area contributed by atoms with E-state index in [1.165, 1.54) is 13.2 Å². The Kier molecular flexibility index (Phi) is 4.27. The molecule has 0 aliphatic carbocycles. The van der Waals surface area contributed by atoms with Gasteiger partial charge in [-0.05, 0) is 20.8 Å². The molecule has 1 aromatic rings. The van der Waals surface area contributed by atoms with Gasteiger partial charge in [0, 0.05) is 7.05 Å².